The summed E-state index contributed by atoms with van der Waals surface area (Å²) in [5.41, 5.74) is 1.02. The largest absolute Gasteiger partial charge is 0.368 e. The molecule has 3 rings (SSSR count). The minimum absolute atomic E-state index is 0.00731. The van der Waals surface area contributed by atoms with Crippen molar-refractivity contribution >= 4 is 17.5 Å². The standard InChI is InChI=1S/C16H20ClNO2/c1-11(13-5-2-3-6-14(13)17)18(12-8-9-12)16(19)15-7-4-10-20-15/h2-3,5-6,11-12,15H,4,7-10H2,1H3. The number of carbonyl (C=O) groups is 1. The number of hydrogen-bond acceptors (Lipinski definition) is 2. The summed E-state index contributed by atoms with van der Waals surface area (Å²) < 4.78 is 5.57. The zero-order valence-electron chi connectivity index (χ0n) is 11.7. The van der Waals surface area contributed by atoms with Crippen molar-refractivity contribution in [1.29, 1.82) is 0 Å². The summed E-state index contributed by atoms with van der Waals surface area (Å²) in [5.74, 6) is 0.136. The number of ether oxygens (including phenoxy) is 1. The molecule has 20 heavy (non-hydrogen) atoms. The molecule has 0 radical (unpaired) electrons. The molecule has 1 amide bonds. The van der Waals surface area contributed by atoms with Crippen LogP contribution < -0.4 is 0 Å². The second-order valence-electron chi connectivity index (χ2n) is 5.68. The van der Waals surface area contributed by atoms with Crippen molar-refractivity contribution in [2.75, 3.05) is 6.61 Å². The first-order valence-corrected chi connectivity index (χ1v) is 7.74. The lowest BCUT2D eigenvalue weighted by Crippen LogP contribution is -2.42. The lowest BCUT2D eigenvalue weighted by Gasteiger charge is -2.32. The van der Waals surface area contributed by atoms with Crippen LogP contribution in [0.25, 0.3) is 0 Å². The lowest BCUT2D eigenvalue weighted by atomic mass is 10.1. The molecule has 1 aromatic rings. The number of nitrogens with zero attached hydrogens (tertiary/aromatic N) is 1. The minimum atomic E-state index is -0.250. The smallest absolute Gasteiger partial charge is 0.252 e. The van der Waals surface area contributed by atoms with Crippen LogP contribution in [0.3, 0.4) is 0 Å². The molecule has 3 nitrogen and oxygen atoms in total. The van der Waals surface area contributed by atoms with Gasteiger partial charge in [0.1, 0.15) is 6.10 Å². The SMILES string of the molecule is CC(c1ccccc1Cl)N(C(=O)C1CCCO1)C1CC1. The fraction of sp³-hybridized carbons (Fsp3) is 0.562. The minimum Gasteiger partial charge on any atom is -0.368 e. The summed E-state index contributed by atoms with van der Waals surface area (Å²) in [6.45, 7) is 2.77. The van der Waals surface area contributed by atoms with E-state index in [9.17, 15) is 4.79 Å². The maximum atomic E-state index is 12.7. The van der Waals surface area contributed by atoms with Gasteiger partial charge in [-0.25, -0.2) is 0 Å². The fourth-order valence-corrected chi connectivity index (χ4v) is 3.24. The number of hydrogen-bond donors (Lipinski definition) is 0. The van der Waals surface area contributed by atoms with Crippen molar-refractivity contribution < 1.29 is 9.53 Å². The van der Waals surface area contributed by atoms with Gasteiger partial charge >= 0.3 is 0 Å². The van der Waals surface area contributed by atoms with Crippen molar-refractivity contribution in [3.63, 3.8) is 0 Å². The molecule has 1 aromatic carbocycles. The third-order valence-electron chi connectivity index (χ3n) is 4.17. The zero-order valence-corrected chi connectivity index (χ0v) is 12.5. The van der Waals surface area contributed by atoms with Crippen LogP contribution in [-0.4, -0.2) is 29.6 Å². The van der Waals surface area contributed by atoms with E-state index in [0.29, 0.717) is 12.6 Å². The Hall–Kier alpha value is -1.06. The van der Waals surface area contributed by atoms with E-state index in [2.05, 4.69) is 6.92 Å². The van der Waals surface area contributed by atoms with Gasteiger partial charge in [-0.15, -0.1) is 0 Å². The molecule has 4 heteroatoms. The molecule has 1 saturated heterocycles. The molecule has 2 fully saturated rings. The van der Waals surface area contributed by atoms with E-state index in [1.54, 1.807) is 0 Å². The average Bonchev–Trinajstić information content (AvgIpc) is 3.12. The highest BCUT2D eigenvalue weighted by molar-refractivity contribution is 6.31. The van der Waals surface area contributed by atoms with Crippen LogP contribution >= 0.6 is 11.6 Å². The number of amides is 1. The van der Waals surface area contributed by atoms with Gasteiger partial charge in [-0.1, -0.05) is 29.8 Å². The van der Waals surface area contributed by atoms with Gasteiger partial charge in [0.25, 0.3) is 5.91 Å². The summed E-state index contributed by atoms with van der Waals surface area (Å²) >= 11 is 6.28. The van der Waals surface area contributed by atoms with Gasteiger partial charge in [-0.3, -0.25) is 4.79 Å². The molecule has 0 spiro atoms. The zero-order chi connectivity index (χ0) is 14.1. The highest BCUT2D eigenvalue weighted by atomic mass is 35.5. The van der Waals surface area contributed by atoms with Gasteiger partial charge in [-0.05, 0) is 44.2 Å². The molecule has 0 aromatic heterocycles. The molecule has 1 aliphatic carbocycles. The topological polar surface area (TPSA) is 29.5 Å². The van der Waals surface area contributed by atoms with E-state index in [-0.39, 0.29) is 18.1 Å². The van der Waals surface area contributed by atoms with Gasteiger partial charge in [0, 0.05) is 17.7 Å². The Morgan fingerprint density at radius 2 is 2.10 bits per heavy atom. The van der Waals surface area contributed by atoms with Crippen LogP contribution in [0.2, 0.25) is 5.02 Å². The molecule has 1 saturated carbocycles. The summed E-state index contributed by atoms with van der Waals surface area (Å²) in [6, 6.07) is 8.15. The monoisotopic (exact) mass is 293 g/mol. The number of benzene rings is 1. The van der Waals surface area contributed by atoms with E-state index in [1.165, 1.54) is 0 Å². The molecule has 1 heterocycles. The Morgan fingerprint density at radius 1 is 1.35 bits per heavy atom. The Labute approximate surface area is 124 Å². The molecule has 108 valence electrons. The van der Waals surface area contributed by atoms with Crippen LogP contribution in [-0.2, 0) is 9.53 Å². The average molecular weight is 294 g/mol. The number of rotatable bonds is 4. The predicted molar refractivity (Wildman–Crippen MR) is 78.7 cm³/mol. The lowest BCUT2D eigenvalue weighted by molar-refractivity contribution is -0.143. The molecule has 1 aliphatic heterocycles. The van der Waals surface area contributed by atoms with Gasteiger partial charge in [0.2, 0.25) is 0 Å². The van der Waals surface area contributed by atoms with Crippen molar-refractivity contribution in [3.8, 4) is 0 Å². The Morgan fingerprint density at radius 3 is 2.70 bits per heavy atom. The summed E-state index contributed by atoms with van der Waals surface area (Å²) in [7, 11) is 0. The second-order valence-corrected chi connectivity index (χ2v) is 6.08. The van der Waals surface area contributed by atoms with Gasteiger partial charge in [0.05, 0.1) is 6.04 Å². The third kappa shape index (κ3) is 2.70. The van der Waals surface area contributed by atoms with Crippen LogP contribution in [0, 0.1) is 0 Å². The molecule has 2 unspecified atom stereocenters. The molecule has 0 bridgehead atoms. The van der Waals surface area contributed by atoms with E-state index < -0.39 is 0 Å². The molecular formula is C16H20ClNO2. The highest BCUT2D eigenvalue weighted by Crippen LogP contribution is 2.37. The highest BCUT2D eigenvalue weighted by Gasteiger charge is 2.40. The Kier molecular flexibility index (Phi) is 3.99. The molecule has 2 aliphatic rings. The number of carbonyl (C=O) groups excluding carboxylic acids is 1. The normalized spacial score (nSPS) is 23.6. The first-order chi connectivity index (χ1) is 9.68. The first-order valence-electron chi connectivity index (χ1n) is 7.36. The number of halogens is 1. The van der Waals surface area contributed by atoms with Gasteiger partial charge < -0.3 is 9.64 Å². The van der Waals surface area contributed by atoms with Gasteiger partial charge in [0.15, 0.2) is 0 Å². The molecular weight excluding hydrogens is 274 g/mol. The van der Waals surface area contributed by atoms with Crippen molar-refractivity contribution in [3.05, 3.63) is 34.9 Å². The van der Waals surface area contributed by atoms with Crippen molar-refractivity contribution in [2.24, 2.45) is 0 Å². The quantitative estimate of drug-likeness (QED) is 0.849. The maximum Gasteiger partial charge on any atom is 0.252 e. The van der Waals surface area contributed by atoms with Crippen LogP contribution in [0.4, 0.5) is 0 Å². The van der Waals surface area contributed by atoms with E-state index in [4.69, 9.17) is 16.3 Å². The second kappa shape index (κ2) is 5.74. The van der Waals surface area contributed by atoms with E-state index in [1.807, 2.05) is 29.2 Å². The van der Waals surface area contributed by atoms with Crippen LogP contribution in [0.5, 0.6) is 0 Å². The Bertz CT molecular complexity index is 495. The summed E-state index contributed by atoms with van der Waals surface area (Å²) in [6.07, 6.45) is 3.76. The fourth-order valence-electron chi connectivity index (χ4n) is 2.94. The summed E-state index contributed by atoms with van der Waals surface area (Å²) in [4.78, 5) is 14.7. The van der Waals surface area contributed by atoms with Crippen LogP contribution in [0.15, 0.2) is 24.3 Å². The van der Waals surface area contributed by atoms with E-state index in [0.717, 1.165) is 36.3 Å². The third-order valence-corrected chi connectivity index (χ3v) is 4.52. The maximum absolute atomic E-state index is 12.7. The Balaban J connectivity index is 1.83. The molecule has 0 N–H and O–H groups in total. The van der Waals surface area contributed by atoms with Crippen LogP contribution in [0.1, 0.15) is 44.2 Å². The van der Waals surface area contributed by atoms with Crippen molar-refractivity contribution in [1.82, 2.24) is 4.90 Å². The van der Waals surface area contributed by atoms with E-state index >= 15 is 0 Å². The summed E-state index contributed by atoms with van der Waals surface area (Å²) in [5, 5.41) is 0.728. The van der Waals surface area contributed by atoms with Crippen molar-refractivity contribution in [2.45, 2.75) is 50.8 Å². The molecule has 2 atom stereocenters. The van der Waals surface area contributed by atoms with Gasteiger partial charge in [-0.2, -0.15) is 0 Å². The first kappa shape index (κ1) is 13.9. The predicted octanol–water partition coefficient (Wildman–Crippen LogP) is 3.57.